The van der Waals surface area contributed by atoms with Crippen molar-refractivity contribution in [1.82, 2.24) is 24.6 Å². The van der Waals surface area contributed by atoms with Crippen LogP contribution in [0, 0.1) is 17.7 Å². The molecule has 2 fully saturated rings. The second kappa shape index (κ2) is 12.0. The quantitative estimate of drug-likeness (QED) is 0.334. The first-order chi connectivity index (χ1) is 21.2. The number of hydrogen-bond acceptors (Lipinski definition) is 7. The number of piperidine rings is 1. The Labute approximate surface area is 254 Å². The Morgan fingerprint density at radius 1 is 1.02 bits per heavy atom. The Kier molecular flexibility index (Phi) is 7.98. The van der Waals surface area contributed by atoms with Gasteiger partial charge in [0.15, 0.2) is 0 Å². The average molecular weight is 603 g/mol. The van der Waals surface area contributed by atoms with Gasteiger partial charge in [-0.15, -0.1) is 0 Å². The first-order valence-corrected chi connectivity index (χ1v) is 14.7. The zero-order valence-electron chi connectivity index (χ0n) is 24.7. The van der Waals surface area contributed by atoms with Crippen LogP contribution in [0.15, 0.2) is 54.6 Å². The predicted octanol–water partition coefficient (Wildman–Crippen LogP) is 4.34. The number of nitrogens with zero attached hydrogens (tertiary/aromatic N) is 6. The standard InChI is InChI=1S/C32H35FN6O5/c1-20-18-39(32(42)43)11-10-22(20)31(41)38-14-12-37(13-15-38)27-17-26-24(16-25(27)33)29(35-36(26)2)23-8-9-28(34-30(23)40)44-19-21-6-4-3-5-7-21/h3-9,16-17,20,22H,10-15,18-19H2,1-2H3,(H,34,40)(H,42,43)/t20-,22+/m1/s1. The van der Waals surface area contributed by atoms with Gasteiger partial charge in [-0.25, -0.2) is 9.18 Å². The van der Waals surface area contributed by atoms with Gasteiger partial charge in [0.25, 0.3) is 0 Å². The molecule has 11 nitrogen and oxygen atoms in total. The second-order valence-electron chi connectivity index (χ2n) is 11.5. The van der Waals surface area contributed by atoms with Gasteiger partial charge in [0.2, 0.25) is 17.7 Å². The number of ether oxygens (including phenoxy) is 1. The minimum absolute atomic E-state index is 0.0410. The van der Waals surface area contributed by atoms with Crippen LogP contribution >= 0.6 is 0 Å². The van der Waals surface area contributed by atoms with Crippen LogP contribution in [0.1, 0.15) is 18.9 Å². The van der Waals surface area contributed by atoms with E-state index in [2.05, 4.69) is 10.1 Å². The number of carbonyl (C=O) groups is 2. The molecule has 2 aliphatic rings. The van der Waals surface area contributed by atoms with E-state index >= 15 is 4.39 Å². The summed E-state index contributed by atoms with van der Waals surface area (Å²) < 4.78 is 23.0. The van der Waals surface area contributed by atoms with Crippen molar-refractivity contribution >= 4 is 28.6 Å². The number of hydrogen-bond donors (Lipinski definition) is 2. The van der Waals surface area contributed by atoms with Crippen LogP contribution in [-0.2, 0) is 18.4 Å². The van der Waals surface area contributed by atoms with E-state index in [4.69, 9.17) is 4.74 Å². The van der Waals surface area contributed by atoms with Crippen molar-refractivity contribution in [3.8, 4) is 23.0 Å². The number of aryl methyl sites for hydroxylation is 1. The molecule has 2 atom stereocenters. The van der Waals surface area contributed by atoms with E-state index in [1.54, 1.807) is 29.9 Å². The first-order valence-electron chi connectivity index (χ1n) is 14.7. The van der Waals surface area contributed by atoms with Crippen LogP contribution in [0.5, 0.6) is 11.8 Å². The third-order valence-electron chi connectivity index (χ3n) is 8.68. The normalized spacial score (nSPS) is 18.9. The number of aromatic nitrogens is 3. The van der Waals surface area contributed by atoms with Crippen molar-refractivity contribution in [3.05, 3.63) is 66.0 Å². The summed E-state index contributed by atoms with van der Waals surface area (Å²) in [6, 6.07) is 16.1. The van der Waals surface area contributed by atoms with Gasteiger partial charge in [-0.05, 0) is 36.1 Å². The van der Waals surface area contributed by atoms with Crippen molar-refractivity contribution in [2.45, 2.75) is 20.0 Å². The fraction of sp³-hybridized carbons (Fsp3) is 0.375. The smallest absolute Gasteiger partial charge is 0.407 e. The number of likely N-dealkylation sites (tertiary alicyclic amines) is 1. The molecule has 2 N–H and O–H groups in total. The summed E-state index contributed by atoms with van der Waals surface area (Å²) in [6.45, 7) is 4.78. The molecule has 0 bridgehead atoms. The lowest BCUT2D eigenvalue weighted by Gasteiger charge is -2.41. The van der Waals surface area contributed by atoms with Crippen LogP contribution in [0.2, 0.25) is 0 Å². The summed E-state index contributed by atoms with van der Waals surface area (Å²) >= 11 is 0. The molecular weight excluding hydrogens is 567 g/mol. The number of benzene rings is 2. The molecule has 6 rings (SSSR count). The number of amides is 2. The molecule has 0 spiro atoms. The Bertz CT molecular complexity index is 1690. The molecule has 4 aromatic rings. The molecular formula is C32H35FN6O5. The molecule has 230 valence electrons. The number of carboxylic acid groups (broad SMARTS) is 1. The fourth-order valence-corrected chi connectivity index (χ4v) is 6.22. The topological polar surface area (TPSA) is 124 Å². The van der Waals surface area contributed by atoms with Gasteiger partial charge in [-0.2, -0.15) is 10.1 Å². The number of piperazine rings is 1. The minimum Gasteiger partial charge on any atom is -0.493 e. The summed E-state index contributed by atoms with van der Waals surface area (Å²) in [6.07, 6.45) is -0.443. The molecule has 2 saturated heterocycles. The van der Waals surface area contributed by atoms with Gasteiger partial charge < -0.3 is 29.6 Å². The maximum atomic E-state index is 15.6. The molecule has 44 heavy (non-hydrogen) atoms. The third kappa shape index (κ3) is 5.71. The monoisotopic (exact) mass is 602 g/mol. The second-order valence-corrected chi connectivity index (χ2v) is 11.5. The third-order valence-corrected chi connectivity index (χ3v) is 8.68. The van der Waals surface area contributed by atoms with E-state index in [1.807, 2.05) is 47.1 Å². The van der Waals surface area contributed by atoms with Crippen LogP contribution < -0.4 is 9.64 Å². The minimum atomic E-state index is -0.952. The summed E-state index contributed by atoms with van der Waals surface area (Å²) in [5, 5.41) is 25.1. The molecule has 0 saturated carbocycles. The Morgan fingerprint density at radius 3 is 2.45 bits per heavy atom. The lowest BCUT2D eigenvalue weighted by atomic mass is 9.85. The average Bonchev–Trinajstić information content (AvgIpc) is 3.34. The fourth-order valence-electron chi connectivity index (χ4n) is 6.22. The lowest BCUT2D eigenvalue weighted by Crippen LogP contribution is -2.53. The van der Waals surface area contributed by atoms with Crippen LogP contribution in [0.25, 0.3) is 22.2 Å². The summed E-state index contributed by atoms with van der Waals surface area (Å²) in [5.41, 5.74) is 2.86. The van der Waals surface area contributed by atoms with E-state index in [9.17, 15) is 19.8 Å². The van der Waals surface area contributed by atoms with Gasteiger partial charge in [0.1, 0.15) is 18.1 Å². The van der Waals surface area contributed by atoms with E-state index < -0.39 is 11.9 Å². The molecule has 2 aromatic carbocycles. The highest BCUT2D eigenvalue weighted by atomic mass is 19.1. The Morgan fingerprint density at radius 2 is 1.77 bits per heavy atom. The number of rotatable bonds is 6. The molecule has 0 radical (unpaired) electrons. The summed E-state index contributed by atoms with van der Waals surface area (Å²) in [7, 11) is 1.77. The zero-order valence-corrected chi connectivity index (χ0v) is 24.7. The van der Waals surface area contributed by atoms with Crippen molar-refractivity contribution in [1.29, 1.82) is 0 Å². The number of halogens is 1. The van der Waals surface area contributed by atoms with Crippen LogP contribution in [-0.4, -0.2) is 86.0 Å². The molecule has 0 aliphatic carbocycles. The van der Waals surface area contributed by atoms with Crippen LogP contribution in [0.4, 0.5) is 14.9 Å². The summed E-state index contributed by atoms with van der Waals surface area (Å²) in [4.78, 5) is 33.9. The van der Waals surface area contributed by atoms with Gasteiger partial charge in [0, 0.05) is 63.7 Å². The maximum Gasteiger partial charge on any atom is 0.407 e. The number of carbonyl (C=O) groups excluding carboxylic acids is 1. The molecule has 0 unspecified atom stereocenters. The highest BCUT2D eigenvalue weighted by Gasteiger charge is 2.36. The molecule has 2 amide bonds. The lowest BCUT2D eigenvalue weighted by molar-refractivity contribution is -0.139. The first kappa shape index (κ1) is 29.2. The van der Waals surface area contributed by atoms with E-state index in [1.165, 1.54) is 11.0 Å². The largest absolute Gasteiger partial charge is 0.493 e. The number of fused-ring (bicyclic) bond motifs is 1. The summed E-state index contributed by atoms with van der Waals surface area (Å²) in [5.74, 6) is -0.647. The van der Waals surface area contributed by atoms with Gasteiger partial charge in [-0.1, -0.05) is 37.3 Å². The van der Waals surface area contributed by atoms with E-state index in [0.717, 1.165) is 5.56 Å². The SMILES string of the molecule is C[C@@H]1CN(C(=O)O)CC[C@@H]1C(=O)N1CCN(c2cc3c(cc2F)c(-c2ccc(OCc4ccccc4)nc2O)nn3C)CC1. The van der Waals surface area contributed by atoms with Crippen molar-refractivity contribution in [2.75, 3.05) is 44.2 Å². The molecule has 12 heteroatoms. The van der Waals surface area contributed by atoms with Gasteiger partial charge in [-0.3, -0.25) is 9.48 Å². The van der Waals surface area contributed by atoms with E-state index in [0.29, 0.717) is 80.1 Å². The molecule has 2 aromatic heterocycles. The number of pyridine rings is 1. The molecule has 4 heterocycles. The maximum absolute atomic E-state index is 15.6. The van der Waals surface area contributed by atoms with Crippen molar-refractivity contribution < 1.29 is 28.9 Å². The Hall–Kier alpha value is -4.87. The van der Waals surface area contributed by atoms with E-state index in [-0.39, 0.29) is 29.5 Å². The molecule has 2 aliphatic heterocycles. The number of aromatic hydroxyl groups is 1. The Balaban J connectivity index is 1.15. The number of anilines is 1. The van der Waals surface area contributed by atoms with Crippen LogP contribution in [0.3, 0.4) is 0 Å². The predicted molar refractivity (Wildman–Crippen MR) is 162 cm³/mol. The van der Waals surface area contributed by atoms with Crippen molar-refractivity contribution in [3.63, 3.8) is 0 Å². The van der Waals surface area contributed by atoms with Gasteiger partial charge in [0.05, 0.1) is 16.8 Å². The highest BCUT2D eigenvalue weighted by Crippen LogP contribution is 2.37. The zero-order chi connectivity index (χ0) is 31.0. The van der Waals surface area contributed by atoms with Gasteiger partial charge >= 0.3 is 6.09 Å². The highest BCUT2D eigenvalue weighted by molar-refractivity contribution is 5.96. The van der Waals surface area contributed by atoms with Crippen molar-refractivity contribution in [2.24, 2.45) is 18.9 Å².